The molecule has 0 bridgehead atoms. The van der Waals surface area contributed by atoms with E-state index in [1.54, 1.807) is 7.11 Å². The highest BCUT2D eigenvalue weighted by Gasteiger charge is 2.08. The van der Waals surface area contributed by atoms with Crippen LogP contribution in [0.1, 0.15) is 6.92 Å². The van der Waals surface area contributed by atoms with Crippen LogP contribution in [0, 0.1) is 12.3 Å². The molecule has 0 amide bonds. The monoisotopic (exact) mass is 170 g/mol. The summed E-state index contributed by atoms with van der Waals surface area (Å²) in [5.41, 5.74) is 5.48. The van der Waals surface area contributed by atoms with E-state index in [1.165, 1.54) is 0 Å². The molecule has 0 aromatic heterocycles. The summed E-state index contributed by atoms with van der Waals surface area (Å²) in [4.78, 5) is 2.13. The largest absolute Gasteiger partial charge is 0.379 e. The topological polar surface area (TPSA) is 38.5 Å². The Morgan fingerprint density at radius 3 is 2.67 bits per heavy atom. The van der Waals surface area contributed by atoms with Crippen LogP contribution in [0.15, 0.2) is 0 Å². The highest BCUT2D eigenvalue weighted by atomic mass is 16.5. The summed E-state index contributed by atoms with van der Waals surface area (Å²) in [5.74, 6) is 2.60. The molecule has 2 N–H and O–H groups in total. The Bertz CT molecular complexity index is 138. The van der Waals surface area contributed by atoms with E-state index in [0.717, 1.165) is 13.1 Å². The van der Waals surface area contributed by atoms with E-state index in [4.69, 9.17) is 16.9 Å². The molecule has 0 aliphatic rings. The van der Waals surface area contributed by atoms with Crippen molar-refractivity contribution in [2.24, 2.45) is 5.73 Å². The van der Waals surface area contributed by atoms with E-state index < -0.39 is 0 Å². The van der Waals surface area contributed by atoms with Gasteiger partial charge in [-0.3, -0.25) is 4.90 Å². The average Bonchev–Trinajstić information content (AvgIpc) is 2.12. The molecule has 0 rings (SSSR count). The van der Waals surface area contributed by atoms with Crippen molar-refractivity contribution in [3.8, 4) is 12.3 Å². The van der Waals surface area contributed by atoms with Crippen LogP contribution in [-0.2, 0) is 4.74 Å². The normalized spacial score (nSPS) is 12.9. The molecule has 3 heteroatoms. The van der Waals surface area contributed by atoms with Crippen molar-refractivity contribution in [3.05, 3.63) is 0 Å². The number of rotatable bonds is 6. The number of terminal acetylenes is 1. The molecule has 1 atom stereocenters. The van der Waals surface area contributed by atoms with Crippen LogP contribution in [-0.4, -0.2) is 44.3 Å². The lowest BCUT2D eigenvalue weighted by Gasteiger charge is -2.22. The first-order chi connectivity index (χ1) is 5.78. The molecule has 0 fully saturated rings. The third kappa shape index (κ3) is 4.35. The molecule has 0 saturated heterocycles. The van der Waals surface area contributed by atoms with Gasteiger partial charge in [0, 0.05) is 20.2 Å². The molecule has 3 nitrogen and oxygen atoms in total. The predicted octanol–water partition coefficient (Wildman–Crippen LogP) is -0.0848. The molecule has 0 radical (unpaired) electrons. The summed E-state index contributed by atoms with van der Waals surface area (Å²) in [6, 6.07) is 0. The van der Waals surface area contributed by atoms with Crippen molar-refractivity contribution in [2.45, 2.75) is 13.0 Å². The van der Waals surface area contributed by atoms with Gasteiger partial charge in [-0.05, 0) is 6.54 Å². The van der Waals surface area contributed by atoms with Gasteiger partial charge in [-0.15, -0.1) is 6.42 Å². The fourth-order valence-corrected chi connectivity index (χ4v) is 0.968. The molecule has 0 heterocycles. The van der Waals surface area contributed by atoms with Gasteiger partial charge in [0.1, 0.15) is 0 Å². The third-order valence-corrected chi connectivity index (χ3v) is 1.82. The van der Waals surface area contributed by atoms with Gasteiger partial charge in [0.05, 0.1) is 12.6 Å². The molecule has 0 aromatic carbocycles. The van der Waals surface area contributed by atoms with Crippen LogP contribution >= 0.6 is 0 Å². The molecule has 0 saturated carbocycles. The van der Waals surface area contributed by atoms with Crippen LogP contribution in [0.25, 0.3) is 0 Å². The highest BCUT2D eigenvalue weighted by Crippen LogP contribution is 1.93. The smallest absolute Gasteiger partial charge is 0.0820 e. The molecule has 70 valence electrons. The van der Waals surface area contributed by atoms with Gasteiger partial charge in [-0.2, -0.15) is 0 Å². The molecular formula is C9H18N2O. The second-order valence-electron chi connectivity index (χ2n) is 2.63. The van der Waals surface area contributed by atoms with E-state index >= 15 is 0 Å². The first-order valence-electron chi connectivity index (χ1n) is 4.17. The second-order valence-corrected chi connectivity index (χ2v) is 2.63. The van der Waals surface area contributed by atoms with Crippen molar-refractivity contribution in [3.63, 3.8) is 0 Å². The third-order valence-electron chi connectivity index (χ3n) is 1.82. The van der Waals surface area contributed by atoms with Gasteiger partial charge in [0.25, 0.3) is 0 Å². The first-order valence-corrected chi connectivity index (χ1v) is 4.17. The molecule has 0 spiro atoms. The van der Waals surface area contributed by atoms with E-state index in [-0.39, 0.29) is 6.10 Å². The number of hydrogen-bond donors (Lipinski definition) is 1. The summed E-state index contributed by atoms with van der Waals surface area (Å²) >= 11 is 0. The molecular weight excluding hydrogens is 152 g/mol. The van der Waals surface area contributed by atoms with Gasteiger partial charge in [0.2, 0.25) is 0 Å². The molecule has 1 unspecified atom stereocenters. The summed E-state index contributed by atoms with van der Waals surface area (Å²) in [7, 11) is 1.67. The fourth-order valence-electron chi connectivity index (χ4n) is 0.968. The highest BCUT2D eigenvalue weighted by molar-refractivity contribution is 4.88. The van der Waals surface area contributed by atoms with E-state index in [9.17, 15) is 0 Å². The zero-order valence-electron chi connectivity index (χ0n) is 7.92. The van der Waals surface area contributed by atoms with Crippen LogP contribution in [0.4, 0.5) is 0 Å². The SMILES string of the molecule is C#CCN(CC)CC(CN)OC. The lowest BCUT2D eigenvalue weighted by molar-refractivity contribution is 0.0759. The zero-order valence-corrected chi connectivity index (χ0v) is 7.92. The number of nitrogens with zero attached hydrogens (tertiary/aromatic N) is 1. The number of likely N-dealkylation sites (N-methyl/N-ethyl adjacent to an activating group) is 1. The summed E-state index contributed by atoms with van der Waals surface area (Å²) in [6.45, 7) is 5.02. The standard InChI is InChI=1S/C9H18N2O/c1-4-6-11(5-2)8-9(7-10)12-3/h1,9H,5-8,10H2,2-3H3. The van der Waals surface area contributed by atoms with Gasteiger partial charge in [0.15, 0.2) is 0 Å². The molecule has 0 aliphatic carbocycles. The first kappa shape index (κ1) is 11.4. The quantitative estimate of drug-likeness (QED) is 0.566. The Kier molecular flexibility index (Phi) is 6.78. The number of ether oxygens (including phenoxy) is 1. The summed E-state index contributed by atoms with van der Waals surface area (Å²) < 4.78 is 5.14. The van der Waals surface area contributed by atoms with Crippen LogP contribution in [0.3, 0.4) is 0 Å². The minimum Gasteiger partial charge on any atom is -0.379 e. The maximum atomic E-state index is 5.48. The van der Waals surface area contributed by atoms with Crippen molar-refractivity contribution in [1.29, 1.82) is 0 Å². The summed E-state index contributed by atoms with van der Waals surface area (Å²) in [5, 5.41) is 0. The van der Waals surface area contributed by atoms with Crippen molar-refractivity contribution in [2.75, 3.05) is 33.3 Å². The Morgan fingerprint density at radius 2 is 2.33 bits per heavy atom. The van der Waals surface area contributed by atoms with Crippen LogP contribution in [0.5, 0.6) is 0 Å². The van der Waals surface area contributed by atoms with E-state index in [2.05, 4.69) is 17.7 Å². The van der Waals surface area contributed by atoms with Crippen LogP contribution in [0.2, 0.25) is 0 Å². The predicted molar refractivity (Wildman–Crippen MR) is 50.8 cm³/mol. The maximum absolute atomic E-state index is 5.48. The molecule has 0 aliphatic heterocycles. The Balaban J connectivity index is 3.75. The van der Waals surface area contributed by atoms with Gasteiger partial charge >= 0.3 is 0 Å². The lowest BCUT2D eigenvalue weighted by atomic mass is 10.3. The Labute approximate surface area is 74.9 Å². The second kappa shape index (κ2) is 7.11. The van der Waals surface area contributed by atoms with Gasteiger partial charge in [-0.1, -0.05) is 12.8 Å². The minimum absolute atomic E-state index is 0.0956. The lowest BCUT2D eigenvalue weighted by Crippen LogP contribution is -2.37. The van der Waals surface area contributed by atoms with Crippen molar-refractivity contribution in [1.82, 2.24) is 4.90 Å². The number of nitrogens with two attached hydrogens (primary N) is 1. The number of methoxy groups -OCH3 is 1. The molecule has 12 heavy (non-hydrogen) atoms. The Morgan fingerprint density at radius 1 is 1.67 bits per heavy atom. The molecule has 0 aromatic rings. The van der Waals surface area contributed by atoms with Gasteiger partial charge < -0.3 is 10.5 Å². The maximum Gasteiger partial charge on any atom is 0.0820 e. The zero-order chi connectivity index (χ0) is 9.40. The van der Waals surface area contributed by atoms with E-state index in [0.29, 0.717) is 13.1 Å². The van der Waals surface area contributed by atoms with Crippen molar-refractivity contribution < 1.29 is 4.74 Å². The van der Waals surface area contributed by atoms with E-state index in [1.807, 2.05) is 0 Å². The van der Waals surface area contributed by atoms with Crippen molar-refractivity contribution >= 4 is 0 Å². The minimum atomic E-state index is 0.0956. The summed E-state index contributed by atoms with van der Waals surface area (Å²) in [6.07, 6.45) is 5.30. The number of hydrogen-bond acceptors (Lipinski definition) is 3. The van der Waals surface area contributed by atoms with Crippen LogP contribution < -0.4 is 5.73 Å². The average molecular weight is 170 g/mol. The van der Waals surface area contributed by atoms with Gasteiger partial charge in [-0.25, -0.2) is 0 Å². The Hall–Kier alpha value is -0.560. The fraction of sp³-hybridized carbons (Fsp3) is 0.778.